The molecule has 1 heterocycles. The van der Waals surface area contributed by atoms with Gasteiger partial charge in [-0.15, -0.1) is 17.3 Å². The average molecular weight is 282 g/mol. The van der Waals surface area contributed by atoms with Crippen molar-refractivity contribution in [1.82, 2.24) is 10.9 Å². The number of hydrogen-bond acceptors (Lipinski definition) is 3. The minimum atomic E-state index is 0. The van der Waals surface area contributed by atoms with Gasteiger partial charge in [0.15, 0.2) is 0 Å². The first kappa shape index (κ1) is 11.2. The third kappa shape index (κ3) is 2.78. The van der Waals surface area contributed by atoms with Gasteiger partial charge in [0, 0.05) is 19.5 Å². The molecule has 13 heavy (non-hydrogen) atoms. The van der Waals surface area contributed by atoms with Crippen LogP contribution in [0, 0.1) is 6.07 Å². The first-order chi connectivity index (χ1) is 5.86. The maximum absolute atomic E-state index is 3.22. The molecule has 0 bridgehead atoms. The van der Waals surface area contributed by atoms with Crippen LogP contribution >= 0.6 is 11.8 Å². The van der Waals surface area contributed by atoms with Crippen LogP contribution in [-0.2, 0) is 19.5 Å². The Labute approximate surface area is 95.6 Å². The molecule has 1 aromatic rings. The molecule has 0 spiro atoms. The molecular formula is C9H11N2RhS-. The summed E-state index contributed by atoms with van der Waals surface area (Å²) in [6.07, 6.45) is 0. The fourth-order valence-electron chi connectivity index (χ4n) is 1.20. The van der Waals surface area contributed by atoms with E-state index in [2.05, 4.69) is 36.0 Å². The number of hydrazine groups is 1. The second-order valence-electron chi connectivity index (χ2n) is 2.78. The van der Waals surface area contributed by atoms with E-state index in [1.54, 1.807) is 0 Å². The van der Waals surface area contributed by atoms with Gasteiger partial charge < -0.3 is 0 Å². The van der Waals surface area contributed by atoms with Gasteiger partial charge >= 0.3 is 0 Å². The van der Waals surface area contributed by atoms with E-state index in [0.717, 1.165) is 0 Å². The molecule has 1 aliphatic heterocycles. The van der Waals surface area contributed by atoms with Gasteiger partial charge in [-0.25, -0.2) is 10.9 Å². The maximum Gasteiger partial charge on any atom is 0.0714 e. The molecule has 2 N–H and O–H groups in total. The summed E-state index contributed by atoms with van der Waals surface area (Å²) in [5.41, 5.74) is 7.69. The second-order valence-corrected chi connectivity index (χ2v) is 4.23. The summed E-state index contributed by atoms with van der Waals surface area (Å²) < 4.78 is 0. The van der Waals surface area contributed by atoms with E-state index in [-0.39, 0.29) is 19.5 Å². The predicted octanol–water partition coefficient (Wildman–Crippen LogP) is 1.67. The topological polar surface area (TPSA) is 24.1 Å². The molecule has 4 heteroatoms. The van der Waals surface area contributed by atoms with Crippen molar-refractivity contribution in [1.29, 1.82) is 0 Å². The third-order valence-corrected chi connectivity index (χ3v) is 2.99. The molecule has 0 amide bonds. The van der Waals surface area contributed by atoms with Gasteiger partial charge in [0.2, 0.25) is 0 Å². The molecule has 2 nitrogen and oxygen atoms in total. The largest absolute Gasteiger partial charge is 0.244 e. The first-order valence-electron chi connectivity index (χ1n) is 3.99. The van der Waals surface area contributed by atoms with Gasteiger partial charge in [0.25, 0.3) is 0 Å². The number of rotatable bonds is 1. The minimum absolute atomic E-state index is 0. The van der Waals surface area contributed by atoms with Crippen molar-refractivity contribution in [2.24, 2.45) is 0 Å². The molecule has 1 aromatic carbocycles. The average Bonchev–Trinajstić information content (AvgIpc) is 2.54. The summed E-state index contributed by atoms with van der Waals surface area (Å²) in [6, 6.07) is 11.1. The zero-order chi connectivity index (χ0) is 8.39. The summed E-state index contributed by atoms with van der Waals surface area (Å²) in [4.78, 5) is 0. The summed E-state index contributed by atoms with van der Waals surface area (Å²) in [6.45, 7) is 2.15. The quantitative estimate of drug-likeness (QED) is 0.605. The van der Waals surface area contributed by atoms with Crippen molar-refractivity contribution in [3.05, 3.63) is 35.9 Å². The van der Waals surface area contributed by atoms with Gasteiger partial charge in [0.05, 0.1) is 10.7 Å². The zero-order valence-electron chi connectivity index (χ0n) is 7.21. The zero-order valence-corrected chi connectivity index (χ0v) is 9.66. The van der Waals surface area contributed by atoms with Gasteiger partial charge in [-0.1, -0.05) is 0 Å². The van der Waals surface area contributed by atoms with Gasteiger partial charge in [0.1, 0.15) is 0 Å². The van der Waals surface area contributed by atoms with Crippen LogP contribution in [0.2, 0.25) is 0 Å². The monoisotopic (exact) mass is 282 g/mol. The van der Waals surface area contributed by atoms with Gasteiger partial charge in [-0.2, -0.15) is 30.3 Å². The Morgan fingerprint density at radius 2 is 2.00 bits per heavy atom. The van der Waals surface area contributed by atoms with Crippen LogP contribution in [0.5, 0.6) is 0 Å². The molecule has 0 aromatic heterocycles. The fraction of sp³-hybridized carbons (Fsp3) is 0.333. The van der Waals surface area contributed by atoms with E-state index in [4.69, 9.17) is 0 Å². The first-order valence-corrected chi connectivity index (χ1v) is 4.93. The Balaban J connectivity index is 0.000000845. The molecule has 0 aliphatic carbocycles. The van der Waals surface area contributed by atoms with Crippen molar-refractivity contribution < 1.29 is 19.5 Å². The molecule has 73 valence electrons. The van der Waals surface area contributed by atoms with E-state index < -0.39 is 0 Å². The van der Waals surface area contributed by atoms with Crippen molar-refractivity contribution in [2.45, 2.75) is 17.7 Å². The van der Waals surface area contributed by atoms with Gasteiger partial charge in [-0.05, 0) is 6.92 Å². The second kappa shape index (κ2) is 5.11. The number of hydrogen-bond donors (Lipinski definition) is 2. The molecule has 1 aliphatic rings. The Morgan fingerprint density at radius 3 is 2.54 bits per heavy atom. The normalized spacial score (nSPS) is 26.8. The Hall–Kier alpha value is 0.113. The molecule has 1 radical (unpaired) electrons. The maximum atomic E-state index is 3.22. The van der Waals surface area contributed by atoms with Crippen LogP contribution in [0.25, 0.3) is 0 Å². The van der Waals surface area contributed by atoms with Crippen molar-refractivity contribution >= 4 is 11.8 Å². The van der Waals surface area contributed by atoms with E-state index in [9.17, 15) is 0 Å². The summed E-state index contributed by atoms with van der Waals surface area (Å²) in [5.74, 6) is 0. The standard InChI is InChI=1S/C9H11N2S.Rh/c1-7-10-11-9(12-7)8-5-3-2-4-6-8;/h3-7,9-11H,1H3;/q-1;. The van der Waals surface area contributed by atoms with Crippen LogP contribution in [0.4, 0.5) is 0 Å². The molecule has 2 unspecified atom stereocenters. The summed E-state index contributed by atoms with van der Waals surface area (Å²) >= 11 is 1.88. The van der Waals surface area contributed by atoms with Crippen molar-refractivity contribution in [2.75, 3.05) is 0 Å². The summed E-state index contributed by atoms with van der Waals surface area (Å²) in [5, 5.41) is 0.869. The van der Waals surface area contributed by atoms with Crippen LogP contribution < -0.4 is 10.9 Å². The third-order valence-electron chi connectivity index (χ3n) is 1.80. The Kier molecular flexibility index (Phi) is 4.40. The van der Waals surface area contributed by atoms with Crippen molar-refractivity contribution in [3.8, 4) is 0 Å². The molecular weight excluding hydrogens is 271 g/mol. The number of thioether (sulfide) groups is 1. The molecule has 0 saturated carbocycles. The van der Waals surface area contributed by atoms with E-state index in [0.29, 0.717) is 10.7 Å². The minimum Gasteiger partial charge on any atom is -0.244 e. The predicted molar refractivity (Wildman–Crippen MR) is 51.3 cm³/mol. The molecule has 1 saturated heterocycles. The van der Waals surface area contributed by atoms with Gasteiger partial charge in [-0.3, -0.25) is 0 Å². The SMILES string of the molecule is CC1NNC(c2cc[c-]cc2)S1.[Rh]. The summed E-state index contributed by atoms with van der Waals surface area (Å²) in [7, 11) is 0. The van der Waals surface area contributed by atoms with Crippen LogP contribution in [0.15, 0.2) is 24.3 Å². The molecule has 1 fully saturated rings. The van der Waals surface area contributed by atoms with E-state index >= 15 is 0 Å². The van der Waals surface area contributed by atoms with Crippen LogP contribution in [0.1, 0.15) is 17.9 Å². The molecule has 2 rings (SSSR count). The van der Waals surface area contributed by atoms with E-state index in [1.807, 2.05) is 23.9 Å². The van der Waals surface area contributed by atoms with Crippen LogP contribution in [0.3, 0.4) is 0 Å². The Morgan fingerprint density at radius 1 is 1.31 bits per heavy atom. The van der Waals surface area contributed by atoms with Crippen LogP contribution in [-0.4, -0.2) is 5.37 Å². The number of nitrogens with one attached hydrogen (secondary N) is 2. The van der Waals surface area contributed by atoms with Crippen molar-refractivity contribution in [3.63, 3.8) is 0 Å². The smallest absolute Gasteiger partial charge is 0.0714 e. The number of benzene rings is 1. The fourth-order valence-corrected chi connectivity index (χ4v) is 2.20. The molecule has 2 atom stereocenters. The van der Waals surface area contributed by atoms with E-state index in [1.165, 1.54) is 5.56 Å². The Bertz CT molecular complexity index is 255.